The van der Waals surface area contributed by atoms with Crippen molar-refractivity contribution in [3.8, 4) is 0 Å². The molecule has 0 unspecified atom stereocenters. The molecule has 0 aromatic carbocycles. The normalized spacial score (nSPS) is 10.7. The molecule has 0 saturated carbocycles. The number of aryl methyl sites for hydroxylation is 1. The first-order valence-corrected chi connectivity index (χ1v) is 5.96. The van der Waals surface area contributed by atoms with Crippen LogP contribution in [-0.4, -0.2) is 24.7 Å². The van der Waals surface area contributed by atoms with E-state index in [2.05, 4.69) is 29.5 Å². The van der Waals surface area contributed by atoms with Crippen molar-refractivity contribution in [3.63, 3.8) is 0 Å². The Morgan fingerprint density at radius 1 is 1.50 bits per heavy atom. The number of hydrogen-bond donors (Lipinski definition) is 1. The van der Waals surface area contributed by atoms with E-state index in [0.29, 0.717) is 6.61 Å². The maximum Gasteiger partial charge on any atom is 0.0926 e. The summed E-state index contributed by atoms with van der Waals surface area (Å²) in [5.74, 6) is 0. The molecule has 14 heavy (non-hydrogen) atoms. The summed E-state index contributed by atoms with van der Waals surface area (Å²) in [4.78, 5) is 4.42. The molecule has 3 nitrogen and oxygen atoms in total. The Bertz CT molecular complexity index is 250. The highest BCUT2D eigenvalue weighted by atomic mass is 32.1. The van der Waals surface area contributed by atoms with Gasteiger partial charge in [-0.15, -0.1) is 11.3 Å². The third kappa shape index (κ3) is 4.17. The molecule has 0 aliphatic heterocycles. The smallest absolute Gasteiger partial charge is 0.0926 e. The molecule has 0 amide bonds. The average Bonchev–Trinajstić information content (AvgIpc) is 2.65. The number of nitrogens with zero attached hydrogens (tertiary/aromatic N) is 1. The molecule has 4 heteroatoms. The molecule has 1 aromatic rings. The maximum atomic E-state index is 5.46. The topological polar surface area (TPSA) is 34.1 Å². The van der Waals surface area contributed by atoms with Gasteiger partial charge in [0.15, 0.2) is 0 Å². The summed E-state index contributed by atoms with van der Waals surface area (Å²) < 4.78 is 5.46. The number of hydrogen-bond acceptors (Lipinski definition) is 4. The molecule has 1 rings (SSSR count). The van der Waals surface area contributed by atoms with E-state index in [1.807, 2.05) is 0 Å². The summed E-state index contributed by atoms with van der Waals surface area (Å²) in [5, 5.41) is 6.47. The fourth-order valence-corrected chi connectivity index (χ4v) is 1.80. The van der Waals surface area contributed by atoms with Crippen LogP contribution in [0.2, 0.25) is 0 Å². The summed E-state index contributed by atoms with van der Waals surface area (Å²) in [6.45, 7) is 7.53. The van der Waals surface area contributed by atoms with Crippen molar-refractivity contribution in [1.29, 1.82) is 0 Å². The molecule has 0 aliphatic carbocycles. The van der Waals surface area contributed by atoms with Crippen molar-refractivity contribution in [1.82, 2.24) is 10.3 Å². The van der Waals surface area contributed by atoms with Crippen LogP contribution in [0.3, 0.4) is 0 Å². The minimum absolute atomic E-state index is 0.641. The van der Waals surface area contributed by atoms with Crippen LogP contribution in [-0.2, 0) is 17.8 Å². The Kier molecular flexibility index (Phi) is 5.75. The summed E-state index contributed by atoms with van der Waals surface area (Å²) >= 11 is 1.71. The van der Waals surface area contributed by atoms with E-state index in [4.69, 9.17) is 4.74 Å². The number of rotatable bonds is 7. The molecule has 1 aromatic heterocycles. The van der Waals surface area contributed by atoms with Gasteiger partial charge in [-0.3, -0.25) is 0 Å². The third-order valence-corrected chi connectivity index (χ3v) is 2.87. The standard InChI is InChI=1S/C10H18N2OS/c1-3-10-12-9(8-14-10)7-13-6-5-11-4-2/h8,11H,3-7H2,1-2H3. The van der Waals surface area contributed by atoms with Crippen LogP contribution in [0.15, 0.2) is 5.38 Å². The fourth-order valence-electron chi connectivity index (χ4n) is 1.08. The van der Waals surface area contributed by atoms with Crippen molar-refractivity contribution in [2.24, 2.45) is 0 Å². The van der Waals surface area contributed by atoms with Gasteiger partial charge in [0, 0.05) is 11.9 Å². The Balaban J connectivity index is 2.12. The van der Waals surface area contributed by atoms with Gasteiger partial charge in [-0.2, -0.15) is 0 Å². The van der Waals surface area contributed by atoms with Crippen LogP contribution < -0.4 is 5.32 Å². The average molecular weight is 214 g/mol. The lowest BCUT2D eigenvalue weighted by atomic mass is 10.5. The highest BCUT2D eigenvalue weighted by molar-refractivity contribution is 7.09. The Labute approximate surface area is 89.5 Å². The third-order valence-electron chi connectivity index (χ3n) is 1.82. The van der Waals surface area contributed by atoms with Gasteiger partial charge in [-0.1, -0.05) is 13.8 Å². The summed E-state index contributed by atoms with van der Waals surface area (Å²) in [6, 6.07) is 0. The molecule has 0 spiro atoms. The Morgan fingerprint density at radius 3 is 3.00 bits per heavy atom. The van der Waals surface area contributed by atoms with Crippen LogP contribution in [0.25, 0.3) is 0 Å². The van der Waals surface area contributed by atoms with E-state index < -0.39 is 0 Å². The molecular weight excluding hydrogens is 196 g/mol. The van der Waals surface area contributed by atoms with Gasteiger partial charge in [-0.05, 0) is 13.0 Å². The largest absolute Gasteiger partial charge is 0.374 e. The quantitative estimate of drug-likeness (QED) is 0.703. The molecule has 1 N–H and O–H groups in total. The van der Waals surface area contributed by atoms with E-state index in [9.17, 15) is 0 Å². The van der Waals surface area contributed by atoms with Crippen LogP contribution >= 0.6 is 11.3 Å². The van der Waals surface area contributed by atoms with Gasteiger partial charge in [0.2, 0.25) is 0 Å². The highest BCUT2D eigenvalue weighted by Crippen LogP contribution is 2.10. The van der Waals surface area contributed by atoms with E-state index in [0.717, 1.165) is 31.8 Å². The van der Waals surface area contributed by atoms with Crippen LogP contribution in [0.1, 0.15) is 24.5 Å². The number of ether oxygens (including phenoxy) is 1. The first-order valence-electron chi connectivity index (χ1n) is 5.08. The van der Waals surface area contributed by atoms with Crippen LogP contribution in [0.5, 0.6) is 0 Å². The summed E-state index contributed by atoms with van der Waals surface area (Å²) in [6.07, 6.45) is 1.02. The highest BCUT2D eigenvalue weighted by Gasteiger charge is 1.99. The van der Waals surface area contributed by atoms with Gasteiger partial charge < -0.3 is 10.1 Å². The summed E-state index contributed by atoms with van der Waals surface area (Å²) in [5.41, 5.74) is 1.06. The van der Waals surface area contributed by atoms with E-state index in [1.54, 1.807) is 11.3 Å². The zero-order chi connectivity index (χ0) is 10.2. The zero-order valence-electron chi connectivity index (χ0n) is 8.88. The lowest BCUT2D eigenvalue weighted by Crippen LogP contribution is -2.18. The first kappa shape index (κ1) is 11.6. The molecule has 1 heterocycles. The van der Waals surface area contributed by atoms with E-state index in [1.165, 1.54) is 5.01 Å². The Morgan fingerprint density at radius 2 is 2.36 bits per heavy atom. The lowest BCUT2D eigenvalue weighted by Gasteiger charge is -2.02. The van der Waals surface area contributed by atoms with E-state index >= 15 is 0 Å². The minimum atomic E-state index is 0.641. The van der Waals surface area contributed by atoms with Gasteiger partial charge in [0.1, 0.15) is 0 Å². The van der Waals surface area contributed by atoms with Gasteiger partial charge in [0.25, 0.3) is 0 Å². The monoisotopic (exact) mass is 214 g/mol. The molecular formula is C10H18N2OS. The van der Waals surface area contributed by atoms with Crippen molar-refractivity contribution >= 4 is 11.3 Å². The molecule has 0 bridgehead atoms. The number of nitrogens with one attached hydrogen (secondary N) is 1. The van der Waals surface area contributed by atoms with Gasteiger partial charge in [-0.25, -0.2) is 4.98 Å². The molecule has 0 saturated heterocycles. The van der Waals surface area contributed by atoms with Gasteiger partial charge >= 0.3 is 0 Å². The van der Waals surface area contributed by atoms with Crippen molar-refractivity contribution in [2.75, 3.05) is 19.7 Å². The molecule has 0 atom stereocenters. The fraction of sp³-hybridized carbons (Fsp3) is 0.700. The minimum Gasteiger partial charge on any atom is -0.374 e. The maximum absolute atomic E-state index is 5.46. The SMILES string of the molecule is CCNCCOCc1csc(CC)n1. The predicted octanol–water partition coefficient (Wildman–Crippen LogP) is 1.83. The van der Waals surface area contributed by atoms with Crippen molar-refractivity contribution in [3.05, 3.63) is 16.1 Å². The van der Waals surface area contributed by atoms with Gasteiger partial charge in [0.05, 0.1) is 23.9 Å². The number of aromatic nitrogens is 1. The second-order valence-electron chi connectivity index (χ2n) is 2.99. The van der Waals surface area contributed by atoms with Crippen LogP contribution in [0, 0.1) is 0 Å². The molecule has 0 fully saturated rings. The molecule has 0 radical (unpaired) electrons. The molecule has 80 valence electrons. The zero-order valence-corrected chi connectivity index (χ0v) is 9.69. The second-order valence-corrected chi connectivity index (χ2v) is 3.93. The van der Waals surface area contributed by atoms with Crippen LogP contribution in [0.4, 0.5) is 0 Å². The molecule has 0 aliphatic rings. The predicted molar refractivity (Wildman–Crippen MR) is 59.7 cm³/mol. The summed E-state index contributed by atoms with van der Waals surface area (Å²) in [7, 11) is 0. The Hall–Kier alpha value is -0.450. The number of thiazole rings is 1. The second kappa shape index (κ2) is 6.92. The van der Waals surface area contributed by atoms with Crippen molar-refractivity contribution < 1.29 is 4.74 Å². The van der Waals surface area contributed by atoms with Crippen molar-refractivity contribution in [2.45, 2.75) is 26.9 Å². The number of likely N-dealkylation sites (N-methyl/N-ethyl adjacent to an activating group) is 1. The first-order chi connectivity index (χ1) is 6.86. The lowest BCUT2D eigenvalue weighted by molar-refractivity contribution is 0.121. The van der Waals surface area contributed by atoms with E-state index in [-0.39, 0.29) is 0 Å².